The highest BCUT2D eigenvalue weighted by Crippen LogP contribution is 2.36. The molecule has 0 heterocycles. The van der Waals surface area contributed by atoms with Crippen LogP contribution in [0.15, 0.2) is 45.8 Å². The molecule has 2 rings (SSSR count). The van der Waals surface area contributed by atoms with Crippen LogP contribution < -0.4 is 19.9 Å². The summed E-state index contributed by atoms with van der Waals surface area (Å²) in [6, 6.07) is 8.95. The van der Waals surface area contributed by atoms with Gasteiger partial charge in [0, 0.05) is 5.56 Å². The zero-order valence-electron chi connectivity index (χ0n) is 15.2. The number of sulfonamides is 1. The Balaban J connectivity index is 2.21. The average Bonchev–Trinajstić information content (AvgIpc) is 2.61. The van der Waals surface area contributed by atoms with Crippen molar-refractivity contribution in [3.8, 4) is 11.5 Å². The molecule has 1 atom stereocenters. The van der Waals surface area contributed by atoms with E-state index in [0.717, 1.165) is 5.56 Å². The Kier molecular flexibility index (Phi) is 6.85. The number of primary sulfonamides is 1. The number of rotatable bonds is 7. The number of hydrogen-bond donors (Lipinski definition) is 2. The van der Waals surface area contributed by atoms with Gasteiger partial charge in [0.25, 0.3) is 5.91 Å². The molecule has 0 unspecified atom stereocenters. The van der Waals surface area contributed by atoms with Crippen LogP contribution in [0.4, 0.5) is 0 Å². The third-order valence-corrected chi connectivity index (χ3v) is 5.35. The lowest BCUT2D eigenvalue weighted by Crippen LogP contribution is -2.26. The number of nitrogens with one attached hydrogen (secondary N) is 1. The van der Waals surface area contributed by atoms with E-state index < -0.39 is 10.0 Å². The number of amides is 1. The predicted octanol–water partition coefficient (Wildman–Crippen LogP) is 2.99. The minimum absolute atomic E-state index is 0.0187. The number of halogens is 1. The summed E-state index contributed by atoms with van der Waals surface area (Å²) in [5, 5.41) is 7.96. The largest absolute Gasteiger partial charge is 0.492 e. The van der Waals surface area contributed by atoms with Crippen molar-refractivity contribution in [2.75, 3.05) is 13.7 Å². The Morgan fingerprint density at radius 1 is 1.26 bits per heavy atom. The molecule has 0 aliphatic heterocycles. The van der Waals surface area contributed by atoms with Gasteiger partial charge in [-0.3, -0.25) is 4.79 Å². The summed E-state index contributed by atoms with van der Waals surface area (Å²) in [5.41, 5.74) is 1.15. The Bertz CT molecular complexity index is 930. The topological polar surface area (TPSA) is 108 Å². The first-order valence-corrected chi connectivity index (χ1v) is 10.4. The smallest absolute Gasteiger partial charge is 0.251 e. The molecule has 0 fully saturated rings. The van der Waals surface area contributed by atoms with Gasteiger partial charge in [-0.15, -0.1) is 0 Å². The van der Waals surface area contributed by atoms with Crippen LogP contribution in [-0.2, 0) is 10.0 Å². The van der Waals surface area contributed by atoms with Crippen LogP contribution in [0.25, 0.3) is 0 Å². The number of benzene rings is 2. The molecule has 27 heavy (non-hydrogen) atoms. The van der Waals surface area contributed by atoms with Gasteiger partial charge in [0.15, 0.2) is 11.5 Å². The molecular formula is C18H21BrN2O5S. The van der Waals surface area contributed by atoms with Gasteiger partial charge in [0.05, 0.1) is 29.1 Å². The standard InChI is InChI=1S/C18H21BrN2O5S/c1-4-26-16-10-13(9-15(19)17(16)25-3)18(22)21-11(2)12-5-7-14(8-6-12)27(20,23)24/h5-11H,4H2,1-3H3,(H,21,22)(H2,20,23,24)/t11-/m0/s1. The fraction of sp³-hybridized carbons (Fsp3) is 0.278. The van der Waals surface area contributed by atoms with Gasteiger partial charge in [-0.2, -0.15) is 0 Å². The highest BCUT2D eigenvalue weighted by atomic mass is 79.9. The van der Waals surface area contributed by atoms with E-state index in [1.807, 2.05) is 6.92 Å². The maximum absolute atomic E-state index is 12.6. The van der Waals surface area contributed by atoms with Crippen LogP contribution >= 0.6 is 15.9 Å². The van der Waals surface area contributed by atoms with E-state index in [2.05, 4.69) is 21.2 Å². The first-order chi connectivity index (χ1) is 12.7. The molecule has 0 aromatic heterocycles. The third kappa shape index (κ3) is 5.21. The Hall–Kier alpha value is -2.10. The lowest BCUT2D eigenvalue weighted by molar-refractivity contribution is 0.0939. The number of carbonyl (C=O) groups is 1. The molecule has 2 aromatic carbocycles. The van der Waals surface area contributed by atoms with Crippen molar-refractivity contribution in [2.45, 2.75) is 24.8 Å². The van der Waals surface area contributed by atoms with Crippen LogP contribution in [0.5, 0.6) is 11.5 Å². The Labute approximate surface area is 167 Å². The fourth-order valence-corrected chi connectivity index (χ4v) is 3.59. The van der Waals surface area contributed by atoms with Gasteiger partial charge >= 0.3 is 0 Å². The predicted molar refractivity (Wildman–Crippen MR) is 106 cm³/mol. The summed E-state index contributed by atoms with van der Waals surface area (Å²) in [7, 11) is -2.23. The van der Waals surface area contributed by atoms with Crippen LogP contribution in [0.2, 0.25) is 0 Å². The summed E-state index contributed by atoms with van der Waals surface area (Å²) in [5.74, 6) is 0.673. The zero-order chi connectivity index (χ0) is 20.2. The second-order valence-corrected chi connectivity index (χ2v) is 8.15. The molecule has 1 amide bonds. The normalized spacial score (nSPS) is 12.3. The van der Waals surface area contributed by atoms with Gasteiger partial charge in [-0.05, 0) is 59.6 Å². The highest BCUT2D eigenvalue weighted by Gasteiger charge is 2.18. The molecule has 146 valence electrons. The first kappa shape index (κ1) is 21.2. The molecular weight excluding hydrogens is 436 g/mol. The van der Waals surface area contributed by atoms with E-state index in [0.29, 0.717) is 28.1 Å². The van der Waals surface area contributed by atoms with E-state index >= 15 is 0 Å². The molecule has 2 aromatic rings. The van der Waals surface area contributed by atoms with E-state index in [1.54, 1.807) is 31.2 Å². The molecule has 7 nitrogen and oxygen atoms in total. The minimum atomic E-state index is -3.75. The van der Waals surface area contributed by atoms with Crippen molar-refractivity contribution < 1.29 is 22.7 Å². The molecule has 0 radical (unpaired) electrons. The van der Waals surface area contributed by atoms with E-state index in [1.165, 1.54) is 19.2 Å². The minimum Gasteiger partial charge on any atom is -0.492 e. The molecule has 3 N–H and O–H groups in total. The van der Waals surface area contributed by atoms with Crippen molar-refractivity contribution in [2.24, 2.45) is 5.14 Å². The SMILES string of the molecule is CCOc1cc(C(=O)N[C@@H](C)c2ccc(S(N)(=O)=O)cc2)cc(Br)c1OC. The molecule has 0 bridgehead atoms. The molecule has 0 saturated carbocycles. The summed E-state index contributed by atoms with van der Waals surface area (Å²) in [4.78, 5) is 12.6. The summed E-state index contributed by atoms with van der Waals surface area (Å²) in [6.45, 7) is 4.07. The van der Waals surface area contributed by atoms with Crippen LogP contribution in [0.3, 0.4) is 0 Å². The number of methoxy groups -OCH3 is 1. The third-order valence-electron chi connectivity index (χ3n) is 3.83. The van der Waals surface area contributed by atoms with Gasteiger partial charge in [0.1, 0.15) is 0 Å². The van der Waals surface area contributed by atoms with Crippen molar-refractivity contribution in [3.63, 3.8) is 0 Å². The van der Waals surface area contributed by atoms with Crippen molar-refractivity contribution in [1.82, 2.24) is 5.32 Å². The second kappa shape index (κ2) is 8.73. The summed E-state index contributed by atoms with van der Waals surface area (Å²) in [6.07, 6.45) is 0. The lowest BCUT2D eigenvalue weighted by atomic mass is 10.1. The van der Waals surface area contributed by atoms with E-state index in [9.17, 15) is 13.2 Å². The number of ether oxygens (including phenoxy) is 2. The lowest BCUT2D eigenvalue weighted by Gasteiger charge is -2.17. The van der Waals surface area contributed by atoms with Gasteiger partial charge in [-0.25, -0.2) is 13.6 Å². The van der Waals surface area contributed by atoms with Crippen molar-refractivity contribution in [1.29, 1.82) is 0 Å². The quantitative estimate of drug-likeness (QED) is 0.665. The first-order valence-electron chi connectivity index (χ1n) is 8.11. The summed E-state index contributed by atoms with van der Waals surface area (Å²) >= 11 is 3.38. The fourth-order valence-electron chi connectivity index (χ4n) is 2.47. The highest BCUT2D eigenvalue weighted by molar-refractivity contribution is 9.10. The monoisotopic (exact) mass is 456 g/mol. The van der Waals surface area contributed by atoms with Crippen LogP contribution in [0.1, 0.15) is 35.8 Å². The van der Waals surface area contributed by atoms with Crippen LogP contribution in [0, 0.1) is 0 Å². The second-order valence-electron chi connectivity index (χ2n) is 5.73. The maximum Gasteiger partial charge on any atom is 0.251 e. The average molecular weight is 457 g/mol. The number of hydrogen-bond acceptors (Lipinski definition) is 5. The zero-order valence-corrected chi connectivity index (χ0v) is 17.6. The van der Waals surface area contributed by atoms with Gasteiger partial charge in [0.2, 0.25) is 10.0 Å². The summed E-state index contributed by atoms with van der Waals surface area (Å²) < 4.78 is 34.1. The number of nitrogens with two attached hydrogens (primary N) is 1. The van der Waals surface area contributed by atoms with Crippen molar-refractivity contribution >= 4 is 31.9 Å². The number of carbonyl (C=O) groups excluding carboxylic acids is 1. The molecule has 0 spiro atoms. The van der Waals surface area contributed by atoms with Crippen molar-refractivity contribution in [3.05, 3.63) is 52.0 Å². The van der Waals surface area contributed by atoms with Gasteiger partial charge < -0.3 is 14.8 Å². The van der Waals surface area contributed by atoms with E-state index in [4.69, 9.17) is 14.6 Å². The molecule has 9 heteroatoms. The maximum atomic E-state index is 12.6. The van der Waals surface area contributed by atoms with E-state index in [-0.39, 0.29) is 16.8 Å². The molecule has 0 aliphatic rings. The Morgan fingerprint density at radius 2 is 1.89 bits per heavy atom. The van der Waals surface area contributed by atoms with Gasteiger partial charge in [-0.1, -0.05) is 12.1 Å². The molecule has 0 saturated heterocycles. The Morgan fingerprint density at radius 3 is 2.41 bits per heavy atom. The van der Waals surface area contributed by atoms with Crippen LogP contribution in [-0.4, -0.2) is 28.0 Å². The molecule has 0 aliphatic carbocycles.